The highest BCUT2D eigenvalue weighted by Crippen LogP contribution is 2.20. The summed E-state index contributed by atoms with van der Waals surface area (Å²) in [5.74, 6) is -0.0654. The van der Waals surface area contributed by atoms with Crippen molar-refractivity contribution < 1.29 is 19.1 Å². The Hall–Kier alpha value is -2.82. The number of ether oxygens (including phenoxy) is 2. The molecule has 0 radical (unpaired) electrons. The van der Waals surface area contributed by atoms with Crippen LogP contribution in [0.15, 0.2) is 48.5 Å². The van der Waals surface area contributed by atoms with E-state index in [1.54, 1.807) is 42.5 Å². The van der Waals surface area contributed by atoms with Gasteiger partial charge in [0.25, 0.3) is 5.91 Å². The maximum Gasteiger partial charge on any atom is 0.338 e. The summed E-state index contributed by atoms with van der Waals surface area (Å²) in [6.07, 6.45) is 3.00. The van der Waals surface area contributed by atoms with E-state index in [4.69, 9.17) is 9.47 Å². The molecule has 0 aliphatic heterocycles. The lowest BCUT2D eigenvalue weighted by atomic mass is 10.1. The smallest absolute Gasteiger partial charge is 0.338 e. The van der Waals surface area contributed by atoms with Gasteiger partial charge in [-0.3, -0.25) is 4.79 Å². The molecule has 0 bridgehead atoms. The zero-order valence-corrected chi connectivity index (χ0v) is 15.3. The number of carbonyl (C=O) groups excluding carboxylic acids is 2. The van der Waals surface area contributed by atoms with Gasteiger partial charge in [-0.1, -0.05) is 31.9 Å². The van der Waals surface area contributed by atoms with Crippen molar-refractivity contribution >= 4 is 17.6 Å². The second-order valence-electron chi connectivity index (χ2n) is 5.80. The highest BCUT2D eigenvalue weighted by Gasteiger charge is 2.13. The molecule has 26 heavy (non-hydrogen) atoms. The van der Waals surface area contributed by atoms with Gasteiger partial charge >= 0.3 is 5.97 Å². The fourth-order valence-electron chi connectivity index (χ4n) is 2.42. The van der Waals surface area contributed by atoms with Gasteiger partial charge in [0.15, 0.2) is 0 Å². The molecule has 1 N–H and O–H groups in total. The number of carbonyl (C=O) groups is 2. The van der Waals surface area contributed by atoms with Gasteiger partial charge in [0.05, 0.1) is 24.3 Å². The molecule has 0 aromatic heterocycles. The largest absolute Gasteiger partial charge is 0.493 e. The van der Waals surface area contributed by atoms with Gasteiger partial charge in [0.2, 0.25) is 0 Å². The normalized spacial score (nSPS) is 10.2. The summed E-state index contributed by atoms with van der Waals surface area (Å²) in [5.41, 5.74) is 1.53. The Bertz CT molecular complexity index is 725. The van der Waals surface area contributed by atoms with Crippen LogP contribution in [0.5, 0.6) is 5.75 Å². The van der Waals surface area contributed by atoms with Crippen molar-refractivity contribution in [2.45, 2.75) is 33.1 Å². The molecule has 0 atom stereocenters. The van der Waals surface area contributed by atoms with E-state index < -0.39 is 0 Å². The summed E-state index contributed by atoms with van der Waals surface area (Å²) in [5, 5.41) is 2.81. The summed E-state index contributed by atoms with van der Waals surface area (Å²) < 4.78 is 10.7. The average molecular weight is 355 g/mol. The molecule has 0 heterocycles. The lowest BCUT2D eigenvalue weighted by Gasteiger charge is -2.11. The molecule has 2 aromatic carbocycles. The number of esters is 1. The minimum atomic E-state index is -0.347. The van der Waals surface area contributed by atoms with Crippen LogP contribution in [0, 0.1) is 0 Å². The zero-order chi connectivity index (χ0) is 18.8. The minimum Gasteiger partial charge on any atom is -0.493 e. The number of amides is 1. The van der Waals surface area contributed by atoms with E-state index in [0.717, 1.165) is 19.3 Å². The number of para-hydroxylation sites is 1. The topological polar surface area (TPSA) is 64.6 Å². The highest BCUT2D eigenvalue weighted by atomic mass is 16.5. The lowest BCUT2D eigenvalue weighted by molar-refractivity contribution is 0.0498. The van der Waals surface area contributed by atoms with Crippen molar-refractivity contribution in [3.8, 4) is 5.75 Å². The van der Waals surface area contributed by atoms with Crippen molar-refractivity contribution in [3.63, 3.8) is 0 Å². The Morgan fingerprint density at radius 1 is 0.962 bits per heavy atom. The number of anilines is 1. The first-order valence-corrected chi connectivity index (χ1v) is 8.96. The third kappa shape index (κ3) is 5.62. The molecule has 1 amide bonds. The third-order valence-electron chi connectivity index (χ3n) is 3.79. The summed E-state index contributed by atoms with van der Waals surface area (Å²) in [6.45, 7) is 4.88. The lowest BCUT2D eigenvalue weighted by Crippen LogP contribution is -2.14. The van der Waals surface area contributed by atoms with Gasteiger partial charge in [-0.25, -0.2) is 4.79 Å². The predicted octanol–water partition coefficient (Wildman–Crippen LogP) is 4.68. The molecule has 2 aromatic rings. The van der Waals surface area contributed by atoms with E-state index in [-0.39, 0.29) is 11.9 Å². The molecule has 138 valence electrons. The van der Waals surface area contributed by atoms with Gasteiger partial charge in [0, 0.05) is 5.69 Å². The Morgan fingerprint density at radius 3 is 2.38 bits per heavy atom. The zero-order valence-electron chi connectivity index (χ0n) is 15.3. The number of nitrogens with one attached hydrogen (secondary N) is 1. The van der Waals surface area contributed by atoms with Crippen LogP contribution in [-0.4, -0.2) is 25.1 Å². The first kappa shape index (κ1) is 19.5. The van der Waals surface area contributed by atoms with Crippen LogP contribution in [0.2, 0.25) is 0 Å². The van der Waals surface area contributed by atoms with Crippen molar-refractivity contribution in [1.29, 1.82) is 0 Å². The monoisotopic (exact) mass is 355 g/mol. The van der Waals surface area contributed by atoms with E-state index in [2.05, 4.69) is 12.2 Å². The maximum atomic E-state index is 12.4. The number of rotatable bonds is 9. The molecule has 2 rings (SSSR count). The Labute approximate surface area is 154 Å². The van der Waals surface area contributed by atoms with Crippen LogP contribution in [-0.2, 0) is 4.74 Å². The first-order valence-electron chi connectivity index (χ1n) is 8.96. The molecular formula is C21H25NO4. The quantitative estimate of drug-likeness (QED) is 0.524. The van der Waals surface area contributed by atoms with Gasteiger partial charge in [-0.05, 0) is 49.7 Å². The molecule has 5 nitrogen and oxygen atoms in total. The van der Waals surface area contributed by atoms with Gasteiger partial charge < -0.3 is 14.8 Å². The summed E-state index contributed by atoms with van der Waals surface area (Å²) in [7, 11) is 0. The van der Waals surface area contributed by atoms with Gasteiger partial charge in [-0.2, -0.15) is 0 Å². The summed E-state index contributed by atoms with van der Waals surface area (Å²) >= 11 is 0. The van der Waals surface area contributed by atoms with Crippen molar-refractivity contribution in [3.05, 3.63) is 59.7 Å². The van der Waals surface area contributed by atoms with Gasteiger partial charge in [0.1, 0.15) is 5.75 Å². The van der Waals surface area contributed by atoms with E-state index in [9.17, 15) is 9.59 Å². The average Bonchev–Trinajstić information content (AvgIpc) is 2.66. The SMILES string of the molecule is CCCCCOC(=O)c1ccc(NC(=O)c2ccccc2OCC)cc1. The molecule has 0 fully saturated rings. The van der Waals surface area contributed by atoms with Crippen molar-refractivity contribution in [2.24, 2.45) is 0 Å². The van der Waals surface area contributed by atoms with E-state index in [1.807, 2.05) is 13.0 Å². The minimum absolute atomic E-state index is 0.260. The standard InChI is InChI=1S/C21H25NO4/c1-3-5-8-15-26-21(24)16-11-13-17(14-12-16)22-20(23)18-9-6-7-10-19(18)25-4-2/h6-7,9-14H,3-5,8,15H2,1-2H3,(H,22,23). The van der Waals surface area contributed by atoms with Crippen LogP contribution in [0.3, 0.4) is 0 Å². The fourth-order valence-corrected chi connectivity index (χ4v) is 2.42. The molecule has 0 spiro atoms. The van der Waals surface area contributed by atoms with Crippen LogP contribution < -0.4 is 10.1 Å². The Morgan fingerprint density at radius 2 is 1.69 bits per heavy atom. The summed E-state index contributed by atoms with van der Waals surface area (Å²) in [6, 6.07) is 13.7. The van der Waals surface area contributed by atoms with Crippen molar-refractivity contribution in [2.75, 3.05) is 18.5 Å². The van der Waals surface area contributed by atoms with E-state index in [1.165, 1.54) is 0 Å². The third-order valence-corrected chi connectivity index (χ3v) is 3.79. The summed E-state index contributed by atoms with van der Waals surface area (Å²) in [4.78, 5) is 24.4. The van der Waals surface area contributed by atoms with Crippen molar-refractivity contribution in [1.82, 2.24) is 0 Å². The van der Waals surface area contributed by atoms with Crippen LogP contribution in [0.1, 0.15) is 53.8 Å². The van der Waals surface area contributed by atoms with Gasteiger partial charge in [-0.15, -0.1) is 0 Å². The molecule has 0 saturated carbocycles. The molecule has 0 aliphatic rings. The molecule has 0 aliphatic carbocycles. The second kappa shape index (κ2) is 10.2. The highest BCUT2D eigenvalue weighted by molar-refractivity contribution is 6.06. The Kier molecular flexibility index (Phi) is 7.68. The first-order chi connectivity index (χ1) is 12.7. The van der Waals surface area contributed by atoms with E-state index >= 15 is 0 Å². The number of benzene rings is 2. The Balaban J connectivity index is 1.96. The molecule has 0 unspecified atom stereocenters. The number of hydrogen-bond donors (Lipinski definition) is 1. The van der Waals surface area contributed by atoms with Crippen LogP contribution in [0.25, 0.3) is 0 Å². The van der Waals surface area contributed by atoms with E-state index in [0.29, 0.717) is 35.8 Å². The maximum absolute atomic E-state index is 12.4. The predicted molar refractivity (Wildman–Crippen MR) is 102 cm³/mol. The molecular weight excluding hydrogens is 330 g/mol. The number of hydrogen-bond acceptors (Lipinski definition) is 4. The van der Waals surface area contributed by atoms with Crippen LogP contribution in [0.4, 0.5) is 5.69 Å². The fraction of sp³-hybridized carbons (Fsp3) is 0.333. The molecule has 5 heteroatoms. The van der Waals surface area contributed by atoms with Crippen LogP contribution >= 0.6 is 0 Å². The molecule has 0 saturated heterocycles. The second-order valence-corrected chi connectivity index (χ2v) is 5.80. The number of unbranched alkanes of at least 4 members (excludes halogenated alkanes) is 2.